The van der Waals surface area contributed by atoms with Crippen LogP contribution < -0.4 is 0 Å². The molecule has 0 rings (SSSR count). The molecule has 0 fully saturated rings. The molecule has 0 radical (unpaired) electrons. The molecule has 0 bridgehead atoms. The number of halogens is 3. The minimum absolute atomic E-state index is 0.00963. The van der Waals surface area contributed by atoms with Gasteiger partial charge in [-0.15, -0.1) is 0 Å². The van der Waals surface area contributed by atoms with Crippen LogP contribution in [0.5, 0.6) is 0 Å². The minimum atomic E-state index is -3.51. The van der Waals surface area contributed by atoms with Crippen molar-refractivity contribution in [2.24, 2.45) is 23.7 Å². The van der Waals surface area contributed by atoms with Gasteiger partial charge in [-0.25, -0.2) is 4.39 Å². The molecule has 0 aliphatic heterocycles. The normalized spacial score (nSPS) is 15.0. The average Bonchev–Trinajstić information content (AvgIpc) is 2.80. The lowest BCUT2D eigenvalue weighted by Crippen LogP contribution is -2.29. The molecule has 0 heterocycles. The highest BCUT2D eigenvalue weighted by molar-refractivity contribution is 5.48. The standard InChI is InChI=1S/C33H47F3O/c1-22(2)13-15-24(5)25(6)17-18-26(7)27(8)19-20-29(10)33(35,36)37-30(11)21-32(34)31(12)28(9)16-14-23(3)4/h14,16-18,21-22,24,27,29H,3,6-7,9,11-13,15,19-20H2,1-2,4-5,8,10H3/b16-14-,18-17-,32-21+. The van der Waals surface area contributed by atoms with E-state index in [0.717, 1.165) is 35.6 Å². The van der Waals surface area contributed by atoms with Crippen molar-refractivity contribution in [2.75, 3.05) is 0 Å². The third-order valence-corrected chi connectivity index (χ3v) is 6.36. The Morgan fingerprint density at radius 1 is 0.757 bits per heavy atom. The van der Waals surface area contributed by atoms with Crippen LogP contribution >= 0.6 is 0 Å². The highest BCUT2D eigenvalue weighted by atomic mass is 19.3. The van der Waals surface area contributed by atoms with Crippen LogP contribution in [-0.2, 0) is 4.74 Å². The van der Waals surface area contributed by atoms with Gasteiger partial charge in [-0.2, -0.15) is 8.78 Å². The second-order valence-electron chi connectivity index (χ2n) is 10.5. The molecule has 0 saturated carbocycles. The number of hydrogen-bond acceptors (Lipinski definition) is 1. The van der Waals surface area contributed by atoms with E-state index in [0.29, 0.717) is 23.8 Å². The first kappa shape index (κ1) is 34.2. The van der Waals surface area contributed by atoms with E-state index < -0.39 is 23.6 Å². The van der Waals surface area contributed by atoms with Crippen LogP contribution in [0.15, 0.2) is 109 Å². The highest BCUT2D eigenvalue weighted by Gasteiger charge is 2.39. The molecule has 37 heavy (non-hydrogen) atoms. The fourth-order valence-electron chi connectivity index (χ4n) is 3.19. The first-order valence-electron chi connectivity index (χ1n) is 12.9. The Morgan fingerprint density at radius 2 is 1.24 bits per heavy atom. The van der Waals surface area contributed by atoms with E-state index in [4.69, 9.17) is 4.74 Å². The fraction of sp³-hybridized carbons (Fsp3) is 0.455. The lowest BCUT2D eigenvalue weighted by molar-refractivity contribution is -0.244. The van der Waals surface area contributed by atoms with Gasteiger partial charge in [-0.1, -0.05) is 122 Å². The average molecular weight is 517 g/mol. The molecule has 1 nitrogen and oxygen atoms in total. The maximum absolute atomic E-state index is 14.7. The Balaban J connectivity index is 4.89. The smallest absolute Gasteiger partial charge is 0.400 e. The maximum Gasteiger partial charge on any atom is 0.400 e. The topological polar surface area (TPSA) is 9.23 Å². The summed E-state index contributed by atoms with van der Waals surface area (Å²) in [5.41, 5.74) is 2.91. The molecule has 3 atom stereocenters. The van der Waals surface area contributed by atoms with Crippen molar-refractivity contribution in [3.05, 3.63) is 109 Å². The molecule has 0 saturated heterocycles. The molecule has 0 aromatic carbocycles. The number of hydrogen-bond donors (Lipinski definition) is 0. The van der Waals surface area contributed by atoms with Crippen LogP contribution in [0.2, 0.25) is 0 Å². The molecule has 0 N–H and O–H groups in total. The predicted octanol–water partition coefficient (Wildman–Crippen LogP) is 11.0. The van der Waals surface area contributed by atoms with E-state index in [1.165, 1.54) is 6.92 Å². The molecule has 3 unspecified atom stereocenters. The number of ether oxygens (including phenoxy) is 1. The molecule has 0 aliphatic rings. The number of alkyl halides is 2. The monoisotopic (exact) mass is 516 g/mol. The lowest BCUT2D eigenvalue weighted by Gasteiger charge is -2.25. The predicted molar refractivity (Wildman–Crippen MR) is 155 cm³/mol. The number of allylic oxidation sites excluding steroid dienone is 11. The zero-order valence-corrected chi connectivity index (χ0v) is 23.8. The van der Waals surface area contributed by atoms with Crippen molar-refractivity contribution < 1.29 is 17.9 Å². The van der Waals surface area contributed by atoms with Crippen LogP contribution in [0.4, 0.5) is 13.2 Å². The van der Waals surface area contributed by atoms with Gasteiger partial charge in [-0.05, 0) is 49.5 Å². The zero-order valence-electron chi connectivity index (χ0n) is 23.8. The summed E-state index contributed by atoms with van der Waals surface area (Å²) in [5.74, 6) is -1.40. The van der Waals surface area contributed by atoms with Gasteiger partial charge in [0.2, 0.25) is 0 Å². The van der Waals surface area contributed by atoms with E-state index in [-0.39, 0.29) is 17.9 Å². The summed E-state index contributed by atoms with van der Waals surface area (Å²) in [6.45, 7) is 34.4. The van der Waals surface area contributed by atoms with Gasteiger partial charge in [0, 0.05) is 11.6 Å². The van der Waals surface area contributed by atoms with Gasteiger partial charge in [0.15, 0.2) is 0 Å². The van der Waals surface area contributed by atoms with E-state index in [1.54, 1.807) is 19.1 Å². The molecule has 0 spiro atoms. The molecule has 0 aromatic rings. The van der Waals surface area contributed by atoms with Gasteiger partial charge in [0.25, 0.3) is 0 Å². The summed E-state index contributed by atoms with van der Waals surface area (Å²) in [6.07, 6.45) is 7.31. The first-order chi connectivity index (χ1) is 17.0. The van der Waals surface area contributed by atoms with Crippen molar-refractivity contribution in [3.63, 3.8) is 0 Å². The van der Waals surface area contributed by atoms with Crippen LogP contribution in [0, 0.1) is 23.7 Å². The van der Waals surface area contributed by atoms with Gasteiger partial charge >= 0.3 is 6.11 Å². The van der Waals surface area contributed by atoms with E-state index >= 15 is 0 Å². The molecular weight excluding hydrogens is 469 g/mol. The van der Waals surface area contributed by atoms with Gasteiger partial charge < -0.3 is 4.74 Å². The summed E-state index contributed by atoms with van der Waals surface area (Å²) >= 11 is 0. The summed E-state index contributed by atoms with van der Waals surface area (Å²) < 4.78 is 48.5. The summed E-state index contributed by atoms with van der Waals surface area (Å²) in [5, 5.41) is 0. The molecule has 0 amide bonds. The van der Waals surface area contributed by atoms with Crippen LogP contribution in [0.1, 0.15) is 67.2 Å². The van der Waals surface area contributed by atoms with Crippen LogP contribution in [0.3, 0.4) is 0 Å². The summed E-state index contributed by atoms with van der Waals surface area (Å²) in [4.78, 5) is 0. The molecule has 4 heteroatoms. The maximum atomic E-state index is 14.7. The van der Waals surface area contributed by atoms with Crippen LogP contribution in [0.25, 0.3) is 0 Å². The fourth-order valence-corrected chi connectivity index (χ4v) is 3.19. The van der Waals surface area contributed by atoms with E-state index in [9.17, 15) is 13.2 Å². The summed E-state index contributed by atoms with van der Waals surface area (Å²) in [7, 11) is 0. The Kier molecular flexibility index (Phi) is 15.0. The lowest BCUT2D eigenvalue weighted by atomic mass is 9.90. The van der Waals surface area contributed by atoms with Crippen molar-refractivity contribution in [1.82, 2.24) is 0 Å². The zero-order chi connectivity index (χ0) is 28.9. The van der Waals surface area contributed by atoms with Crippen molar-refractivity contribution in [2.45, 2.75) is 73.3 Å². The Labute approximate surface area is 224 Å². The van der Waals surface area contributed by atoms with Gasteiger partial charge in [0.1, 0.15) is 11.6 Å². The molecular formula is C33H47F3O. The quantitative estimate of drug-likeness (QED) is 0.130. The number of rotatable bonds is 18. The minimum Gasteiger partial charge on any atom is -0.433 e. The van der Waals surface area contributed by atoms with Gasteiger partial charge in [0.05, 0.1) is 5.92 Å². The first-order valence-corrected chi connectivity index (χ1v) is 12.9. The largest absolute Gasteiger partial charge is 0.433 e. The Hall–Kier alpha value is -2.75. The van der Waals surface area contributed by atoms with Gasteiger partial charge in [-0.3, -0.25) is 0 Å². The third kappa shape index (κ3) is 13.9. The SMILES string of the molecule is C=C(C)/C=C\C(=C)C(=C)/C(F)=C\C(=C)OC(F)(F)C(C)CCC(C)C(=C)/C=C\C(=C)C(C)CCC(C)C. The Bertz CT molecular complexity index is 943. The van der Waals surface area contributed by atoms with Crippen LogP contribution in [-0.4, -0.2) is 6.11 Å². The van der Waals surface area contributed by atoms with Crippen molar-refractivity contribution >= 4 is 0 Å². The summed E-state index contributed by atoms with van der Waals surface area (Å²) in [6, 6.07) is 0. The molecule has 0 aromatic heterocycles. The Morgan fingerprint density at radius 3 is 1.70 bits per heavy atom. The molecule has 206 valence electrons. The highest BCUT2D eigenvalue weighted by Crippen LogP contribution is 2.34. The van der Waals surface area contributed by atoms with Crippen molar-refractivity contribution in [1.29, 1.82) is 0 Å². The molecule has 0 aliphatic carbocycles. The van der Waals surface area contributed by atoms with Crippen molar-refractivity contribution in [3.8, 4) is 0 Å². The van der Waals surface area contributed by atoms with E-state index in [1.807, 2.05) is 19.1 Å². The van der Waals surface area contributed by atoms with E-state index in [2.05, 4.69) is 60.2 Å². The second-order valence-corrected chi connectivity index (χ2v) is 10.5. The second kappa shape index (κ2) is 16.2. The third-order valence-electron chi connectivity index (χ3n) is 6.36.